The van der Waals surface area contributed by atoms with Gasteiger partial charge < -0.3 is 9.47 Å². The van der Waals surface area contributed by atoms with Crippen LogP contribution in [0, 0.1) is 0 Å². The third-order valence-electron chi connectivity index (χ3n) is 14.6. The lowest BCUT2D eigenvalue weighted by atomic mass is 9.81. The molecule has 1 heterocycles. The number of aromatic nitrogens is 1. The maximum atomic E-state index is 2.43. The number of hydrogen-bond donors (Lipinski definition) is 0. The van der Waals surface area contributed by atoms with Crippen LogP contribution >= 0.6 is 0 Å². The van der Waals surface area contributed by atoms with Crippen LogP contribution in [0.1, 0.15) is 25.0 Å². The summed E-state index contributed by atoms with van der Waals surface area (Å²) < 4.78 is 2.38. The first-order valence-electron chi connectivity index (χ1n) is 24.0. The molecule has 11 aromatic carbocycles. The van der Waals surface area contributed by atoms with Crippen molar-refractivity contribution in [3.63, 3.8) is 0 Å². The first-order valence-corrected chi connectivity index (χ1v) is 24.0. The molecule has 0 radical (unpaired) electrons. The van der Waals surface area contributed by atoms with Gasteiger partial charge in [0.15, 0.2) is 0 Å². The van der Waals surface area contributed by atoms with E-state index in [4.69, 9.17) is 0 Å². The number of benzene rings is 11. The van der Waals surface area contributed by atoms with Gasteiger partial charge in [-0.2, -0.15) is 0 Å². The lowest BCUT2D eigenvalue weighted by Crippen LogP contribution is -2.16. The fourth-order valence-corrected chi connectivity index (χ4v) is 11.1. The Morgan fingerprint density at radius 1 is 0.290 bits per heavy atom. The molecule has 2 heteroatoms. The zero-order valence-corrected chi connectivity index (χ0v) is 38.6. The van der Waals surface area contributed by atoms with E-state index in [1.54, 1.807) is 0 Å². The summed E-state index contributed by atoms with van der Waals surface area (Å²) in [5, 5.41) is 4.98. The third-order valence-corrected chi connectivity index (χ3v) is 14.6. The molecule has 1 aliphatic carbocycles. The molecule has 326 valence electrons. The first kappa shape index (κ1) is 40.5. The molecule has 0 saturated carbocycles. The highest BCUT2D eigenvalue weighted by Crippen LogP contribution is 2.52. The summed E-state index contributed by atoms with van der Waals surface area (Å²) in [5.41, 5.74) is 21.8. The van der Waals surface area contributed by atoms with Crippen LogP contribution < -0.4 is 4.90 Å². The molecule has 12 aromatic rings. The zero-order valence-electron chi connectivity index (χ0n) is 38.6. The van der Waals surface area contributed by atoms with E-state index < -0.39 is 0 Å². The Labute approximate surface area is 403 Å². The van der Waals surface area contributed by atoms with Crippen molar-refractivity contribution >= 4 is 49.6 Å². The van der Waals surface area contributed by atoms with Crippen LogP contribution in [0.15, 0.2) is 255 Å². The Balaban J connectivity index is 0.887. The molecule has 0 saturated heterocycles. The van der Waals surface area contributed by atoms with Crippen molar-refractivity contribution < 1.29 is 0 Å². The molecule has 0 fully saturated rings. The summed E-state index contributed by atoms with van der Waals surface area (Å²) in [7, 11) is 0. The monoisotopic (exact) mass is 880 g/mol. The van der Waals surface area contributed by atoms with Gasteiger partial charge in [0.05, 0.1) is 11.0 Å². The summed E-state index contributed by atoms with van der Waals surface area (Å²) in [4.78, 5) is 2.42. The van der Waals surface area contributed by atoms with Crippen LogP contribution in [0.3, 0.4) is 0 Å². The molecule has 69 heavy (non-hydrogen) atoms. The van der Waals surface area contributed by atoms with Gasteiger partial charge in [-0.3, -0.25) is 0 Å². The standard InChI is InChI=1S/C67H48N2/c1-67(2)63-43-49(46-18-8-4-9-19-46)30-37-59(63)60-38-36-54(44-64(60)67)68(52-32-26-47(27-33-52)45-16-6-3-7-17-45)53-34-28-48(29-35-53)55-39-40-56(58-23-13-12-22-57(55)58)50-31-41-66-62(42-50)61-24-14-15-25-65(61)69(66)51-20-10-5-11-21-51/h3-44H,1-2H3. The molecule has 0 aliphatic heterocycles. The van der Waals surface area contributed by atoms with E-state index in [9.17, 15) is 0 Å². The number of nitrogens with zero attached hydrogens (tertiary/aromatic N) is 2. The highest BCUT2D eigenvalue weighted by atomic mass is 15.1. The van der Waals surface area contributed by atoms with E-state index >= 15 is 0 Å². The van der Waals surface area contributed by atoms with Crippen LogP contribution in [-0.4, -0.2) is 4.57 Å². The van der Waals surface area contributed by atoms with E-state index in [-0.39, 0.29) is 5.41 Å². The fourth-order valence-electron chi connectivity index (χ4n) is 11.1. The Bertz CT molecular complexity index is 3880. The third kappa shape index (κ3) is 6.79. The predicted octanol–water partition coefficient (Wildman–Crippen LogP) is 18.4. The largest absolute Gasteiger partial charge is 0.310 e. The van der Waals surface area contributed by atoms with Gasteiger partial charge >= 0.3 is 0 Å². The van der Waals surface area contributed by atoms with E-state index in [1.807, 2.05) is 0 Å². The molecule has 2 nitrogen and oxygen atoms in total. The fraction of sp³-hybridized carbons (Fsp3) is 0.0448. The van der Waals surface area contributed by atoms with Crippen molar-refractivity contribution in [2.24, 2.45) is 0 Å². The molecule has 0 amide bonds. The van der Waals surface area contributed by atoms with Crippen LogP contribution in [-0.2, 0) is 5.41 Å². The minimum atomic E-state index is -0.182. The SMILES string of the molecule is CC1(C)c2cc(-c3ccccc3)ccc2-c2ccc(N(c3ccc(-c4ccccc4)cc3)c3ccc(-c4ccc(-c5ccc6c(c5)c5ccccc5n6-c5ccccc5)c5ccccc45)cc3)cc21. The zero-order chi connectivity index (χ0) is 46.1. The highest BCUT2D eigenvalue weighted by Gasteiger charge is 2.36. The highest BCUT2D eigenvalue weighted by molar-refractivity contribution is 6.12. The Hall–Kier alpha value is -8.72. The van der Waals surface area contributed by atoms with Crippen LogP contribution in [0.4, 0.5) is 17.1 Å². The average molecular weight is 881 g/mol. The van der Waals surface area contributed by atoms with Gasteiger partial charge in [0, 0.05) is 38.9 Å². The van der Waals surface area contributed by atoms with E-state index in [2.05, 4.69) is 278 Å². The van der Waals surface area contributed by atoms with Gasteiger partial charge in [-0.25, -0.2) is 0 Å². The van der Waals surface area contributed by atoms with Crippen LogP contribution in [0.2, 0.25) is 0 Å². The molecule has 13 rings (SSSR count). The number of anilines is 3. The van der Waals surface area contributed by atoms with Crippen molar-refractivity contribution in [1.82, 2.24) is 4.57 Å². The van der Waals surface area contributed by atoms with Gasteiger partial charge in [-0.15, -0.1) is 0 Å². The lowest BCUT2D eigenvalue weighted by Gasteiger charge is -2.28. The molecule has 0 N–H and O–H groups in total. The van der Waals surface area contributed by atoms with Crippen molar-refractivity contribution in [1.29, 1.82) is 0 Å². The second-order valence-electron chi connectivity index (χ2n) is 18.9. The van der Waals surface area contributed by atoms with E-state index in [0.717, 1.165) is 17.1 Å². The number of rotatable bonds is 8. The van der Waals surface area contributed by atoms with Gasteiger partial charge in [-0.05, 0) is 150 Å². The van der Waals surface area contributed by atoms with E-state index in [1.165, 1.54) is 105 Å². The first-order chi connectivity index (χ1) is 34.0. The Kier molecular flexibility index (Phi) is 9.55. The molecule has 0 atom stereocenters. The summed E-state index contributed by atoms with van der Waals surface area (Å²) in [6.07, 6.45) is 0. The number of fused-ring (bicyclic) bond motifs is 7. The second-order valence-corrected chi connectivity index (χ2v) is 18.9. The lowest BCUT2D eigenvalue weighted by molar-refractivity contribution is 0.660. The van der Waals surface area contributed by atoms with Crippen molar-refractivity contribution in [2.45, 2.75) is 19.3 Å². The van der Waals surface area contributed by atoms with Gasteiger partial charge in [-0.1, -0.05) is 196 Å². The van der Waals surface area contributed by atoms with Gasteiger partial charge in [0.25, 0.3) is 0 Å². The van der Waals surface area contributed by atoms with Crippen molar-refractivity contribution in [3.05, 3.63) is 266 Å². The molecule has 0 bridgehead atoms. The topological polar surface area (TPSA) is 8.17 Å². The summed E-state index contributed by atoms with van der Waals surface area (Å²) in [5.74, 6) is 0. The minimum Gasteiger partial charge on any atom is -0.310 e. The molecular weight excluding hydrogens is 833 g/mol. The molecule has 1 aromatic heterocycles. The van der Waals surface area contributed by atoms with Crippen LogP contribution in [0.25, 0.3) is 93.9 Å². The summed E-state index contributed by atoms with van der Waals surface area (Å²) in [6, 6.07) is 93.5. The molecule has 0 spiro atoms. The maximum absolute atomic E-state index is 2.43. The molecular formula is C67H48N2. The van der Waals surface area contributed by atoms with Crippen molar-refractivity contribution in [2.75, 3.05) is 4.90 Å². The van der Waals surface area contributed by atoms with Gasteiger partial charge in [0.2, 0.25) is 0 Å². The quantitative estimate of drug-likeness (QED) is 0.148. The van der Waals surface area contributed by atoms with Crippen molar-refractivity contribution in [3.8, 4) is 61.3 Å². The van der Waals surface area contributed by atoms with Gasteiger partial charge in [0.1, 0.15) is 0 Å². The van der Waals surface area contributed by atoms with Crippen LogP contribution in [0.5, 0.6) is 0 Å². The maximum Gasteiger partial charge on any atom is 0.0541 e. The second kappa shape index (κ2) is 16.3. The molecule has 0 unspecified atom stereocenters. The average Bonchev–Trinajstić information content (AvgIpc) is 3.86. The predicted molar refractivity (Wildman–Crippen MR) is 292 cm³/mol. The van der Waals surface area contributed by atoms with E-state index in [0.29, 0.717) is 0 Å². The normalized spacial score (nSPS) is 12.6. The summed E-state index contributed by atoms with van der Waals surface area (Å²) >= 11 is 0. The Morgan fingerprint density at radius 3 is 1.38 bits per heavy atom. The molecule has 1 aliphatic rings. The number of hydrogen-bond acceptors (Lipinski definition) is 1. The Morgan fingerprint density at radius 2 is 0.725 bits per heavy atom. The minimum absolute atomic E-state index is 0.182. The number of para-hydroxylation sites is 2. The smallest absolute Gasteiger partial charge is 0.0541 e. The summed E-state index contributed by atoms with van der Waals surface area (Å²) in [6.45, 7) is 4.75.